The summed E-state index contributed by atoms with van der Waals surface area (Å²) in [6.45, 7) is 3.14. The van der Waals surface area contributed by atoms with Gasteiger partial charge < -0.3 is 20.5 Å². The standard InChI is InChI=1S/C24H29N9O/c1-24(32-12-3-4-19(32)34)9-7-15(8-10-24)28-23-29-21(25-2)20-16(14-27-22(20)30-23)17-5-6-18-26-11-13-33(18)31-17/h5-6,11,13-15H,3-4,7-10,12H2,1-2H3,(H3,25,27,28,29,30). The number of aromatic nitrogens is 6. The SMILES string of the molecule is CNc1nc(NC2CCC(C)(N3CCCC3=O)CC2)nc2[nH]cc(-c3ccc4nccn4n3)c12. The molecule has 1 amide bonds. The molecule has 0 unspecified atom stereocenters. The summed E-state index contributed by atoms with van der Waals surface area (Å²) in [5, 5.41) is 12.4. The van der Waals surface area contributed by atoms with E-state index in [9.17, 15) is 4.79 Å². The van der Waals surface area contributed by atoms with Crippen molar-refractivity contribution in [3.05, 3.63) is 30.7 Å². The van der Waals surface area contributed by atoms with Crippen molar-refractivity contribution in [2.45, 2.75) is 57.0 Å². The third kappa shape index (κ3) is 3.44. The molecule has 0 radical (unpaired) electrons. The lowest BCUT2D eigenvalue weighted by Crippen LogP contribution is -2.50. The molecule has 1 aliphatic carbocycles. The van der Waals surface area contributed by atoms with Gasteiger partial charge in [0.25, 0.3) is 0 Å². The number of imidazole rings is 1. The van der Waals surface area contributed by atoms with Crippen LogP contribution in [0, 0.1) is 0 Å². The fraction of sp³-hybridized carbons (Fsp3) is 0.458. The first kappa shape index (κ1) is 20.9. The summed E-state index contributed by atoms with van der Waals surface area (Å²) >= 11 is 0. The van der Waals surface area contributed by atoms with E-state index < -0.39 is 0 Å². The van der Waals surface area contributed by atoms with Gasteiger partial charge in [0.05, 0.1) is 11.1 Å². The van der Waals surface area contributed by atoms with Crippen molar-refractivity contribution in [3.8, 4) is 11.3 Å². The zero-order chi connectivity index (χ0) is 23.3. The molecular formula is C24H29N9O. The number of nitrogens with one attached hydrogen (secondary N) is 3. The molecule has 0 bridgehead atoms. The highest BCUT2D eigenvalue weighted by Crippen LogP contribution is 2.37. The maximum atomic E-state index is 12.3. The first-order valence-corrected chi connectivity index (χ1v) is 12.0. The third-order valence-corrected chi connectivity index (χ3v) is 7.42. The lowest BCUT2D eigenvalue weighted by atomic mass is 9.79. The molecule has 10 heteroatoms. The van der Waals surface area contributed by atoms with E-state index in [1.807, 2.05) is 31.6 Å². The summed E-state index contributed by atoms with van der Waals surface area (Å²) in [5.41, 5.74) is 3.29. The van der Waals surface area contributed by atoms with E-state index in [-0.39, 0.29) is 11.6 Å². The van der Waals surface area contributed by atoms with Crippen LogP contribution < -0.4 is 10.6 Å². The Morgan fingerprint density at radius 2 is 2.06 bits per heavy atom. The van der Waals surface area contributed by atoms with E-state index in [1.54, 1.807) is 10.7 Å². The molecule has 176 valence electrons. The van der Waals surface area contributed by atoms with Crippen LogP contribution in [0.3, 0.4) is 0 Å². The maximum absolute atomic E-state index is 12.3. The summed E-state index contributed by atoms with van der Waals surface area (Å²) in [6, 6.07) is 4.19. The molecule has 0 atom stereocenters. The van der Waals surface area contributed by atoms with Gasteiger partial charge in [-0.3, -0.25) is 4.79 Å². The van der Waals surface area contributed by atoms with E-state index in [0.717, 1.165) is 72.4 Å². The second kappa shape index (κ2) is 7.96. The Bertz CT molecular complexity index is 1370. The maximum Gasteiger partial charge on any atom is 0.226 e. The number of aromatic amines is 1. The van der Waals surface area contributed by atoms with Gasteiger partial charge in [0.2, 0.25) is 11.9 Å². The Hall–Kier alpha value is -3.69. The van der Waals surface area contributed by atoms with Gasteiger partial charge in [-0.15, -0.1) is 0 Å². The topological polar surface area (TPSA) is 116 Å². The van der Waals surface area contributed by atoms with Crippen molar-refractivity contribution in [1.82, 2.24) is 34.4 Å². The van der Waals surface area contributed by atoms with E-state index in [2.05, 4.69) is 37.5 Å². The monoisotopic (exact) mass is 459 g/mol. The average Bonchev–Trinajstić information content (AvgIpc) is 3.59. The van der Waals surface area contributed by atoms with Gasteiger partial charge in [-0.05, 0) is 51.2 Å². The number of anilines is 2. The minimum atomic E-state index is -0.0234. The van der Waals surface area contributed by atoms with Crippen molar-refractivity contribution in [1.29, 1.82) is 0 Å². The first-order chi connectivity index (χ1) is 16.5. The number of likely N-dealkylation sites (tertiary alicyclic amines) is 1. The molecule has 0 spiro atoms. The Labute approximate surface area is 197 Å². The normalized spacial score (nSPS) is 23.2. The fourth-order valence-electron chi connectivity index (χ4n) is 5.49. The van der Waals surface area contributed by atoms with E-state index in [0.29, 0.717) is 18.3 Å². The largest absolute Gasteiger partial charge is 0.372 e. The van der Waals surface area contributed by atoms with Crippen LogP contribution in [0.25, 0.3) is 27.9 Å². The number of hydrogen-bond acceptors (Lipinski definition) is 7. The number of rotatable bonds is 5. The number of fused-ring (bicyclic) bond motifs is 2. The summed E-state index contributed by atoms with van der Waals surface area (Å²) in [4.78, 5) is 31.5. The summed E-state index contributed by atoms with van der Waals surface area (Å²) < 4.78 is 1.76. The van der Waals surface area contributed by atoms with Gasteiger partial charge in [-0.1, -0.05) is 0 Å². The molecule has 3 N–H and O–H groups in total. The van der Waals surface area contributed by atoms with Crippen molar-refractivity contribution < 1.29 is 4.79 Å². The quantitative estimate of drug-likeness (QED) is 0.419. The van der Waals surface area contributed by atoms with Gasteiger partial charge in [-0.25, -0.2) is 9.50 Å². The molecule has 1 saturated carbocycles. The minimum absolute atomic E-state index is 0.0234. The Kier molecular flexibility index (Phi) is 4.89. The highest BCUT2D eigenvalue weighted by Gasteiger charge is 2.40. The van der Waals surface area contributed by atoms with Crippen LogP contribution in [0.5, 0.6) is 0 Å². The number of carbonyl (C=O) groups excluding carboxylic acids is 1. The number of nitrogens with zero attached hydrogens (tertiary/aromatic N) is 6. The smallest absolute Gasteiger partial charge is 0.226 e. The van der Waals surface area contributed by atoms with Crippen LogP contribution in [-0.2, 0) is 4.79 Å². The van der Waals surface area contributed by atoms with E-state index in [4.69, 9.17) is 9.97 Å². The van der Waals surface area contributed by atoms with Gasteiger partial charge in [0.1, 0.15) is 11.5 Å². The average molecular weight is 460 g/mol. The third-order valence-electron chi connectivity index (χ3n) is 7.42. The van der Waals surface area contributed by atoms with Crippen LogP contribution in [0.2, 0.25) is 0 Å². The summed E-state index contributed by atoms with van der Waals surface area (Å²) in [7, 11) is 1.87. The highest BCUT2D eigenvalue weighted by atomic mass is 16.2. The molecule has 0 aromatic carbocycles. The molecule has 34 heavy (non-hydrogen) atoms. The molecule has 2 fully saturated rings. The van der Waals surface area contributed by atoms with Gasteiger partial charge in [-0.2, -0.15) is 15.1 Å². The highest BCUT2D eigenvalue weighted by molar-refractivity contribution is 6.00. The number of H-pyrrole nitrogens is 1. The summed E-state index contributed by atoms with van der Waals surface area (Å²) in [6.07, 6.45) is 11.1. The molecular weight excluding hydrogens is 430 g/mol. The first-order valence-electron chi connectivity index (χ1n) is 12.0. The molecule has 2 aliphatic rings. The lowest BCUT2D eigenvalue weighted by molar-refractivity contribution is -0.133. The zero-order valence-corrected chi connectivity index (χ0v) is 19.5. The molecule has 5 heterocycles. The van der Waals surface area contributed by atoms with Crippen LogP contribution in [0.4, 0.5) is 11.8 Å². The van der Waals surface area contributed by atoms with Crippen molar-refractivity contribution >= 4 is 34.4 Å². The van der Waals surface area contributed by atoms with Crippen LogP contribution in [0.15, 0.2) is 30.7 Å². The fourth-order valence-corrected chi connectivity index (χ4v) is 5.49. The van der Waals surface area contributed by atoms with E-state index >= 15 is 0 Å². The van der Waals surface area contributed by atoms with Crippen molar-refractivity contribution in [3.63, 3.8) is 0 Å². The van der Waals surface area contributed by atoms with Gasteiger partial charge >= 0.3 is 0 Å². The predicted octanol–water partition coefficient (Wildman–Crippen LogP) is 3.44. The van der Waals surface area contributed by atoms with Crippen LogP contribution in [-0.4, -0.2) is 65.5 Å². The predicted molar refractivity (Wildman–Crippen MR) is 131 cm³/mol. The zero-order valence-electron chi connectivity index (χ0n) is 19.5. The summed E-state index contributed by atoms with van der Waals surface area (Å²) in [5.74, 6) is 1.67. The number of carbonyl (C=O) groups is 1. The molecule has 4 aromatic rings. The van der Waals surface area contributed by atoms with E-state index in [1.165, 1.54) is 0 Å². The molecule has 4 aromatic heterocycles. The number of amides is 1. The minimum Gasteiger partial charge on any atom is -0.372 e. The second-order valence-electron chi connectivity index (χ2n) is 9.58. The Morgan fingerprint density at radius 1 is 1.21 bits per heavy atom. The Morgan fingerprint density at radius 3 is 2.82 bits per heavy atom. The van der Waals surface area contributed by atoms with Gasteiger partial charge in [0.15, 0.2) is 5.65 Å². The second-order valence-corrected chi connectivity index (χ2v) is 9.58. The molecule has 1 saturated heterocycles. The van der Waals surface area contributed by atoms with Crippen molar-refractivity contribution in [2.75, 3.05) is 24.2 Å². The molecule has 1 aliphatic heterocycles. The van der Waals surface area contributed by atoms with Crippen LogP contribution >= 0.6 is 0 Å². The Balaban J connectivity index is 1.23. The van der Waals surface area contributed by atoms with Crippen molar-refractivity contribution in [2.24, 2.45) is 0 Å². The lowest BCUT2D eigenvalue weighted by Gasteiger charge is -2.44. The van der Waals surface area contributed by atoms with Gasteiger partial charge in [0, 0.05) is 55.7 Å². The molecule has 10 nitrogen and oxygen atoms in total. The molecule has 6 rings (SSSR count). The number of hydrogen-bond donors (Lipinski definition) is 3. The van der Waals surface area contributed by atoms with Crippen LogP contribution in [0.1, 0.15) is 45.4 Å².